The number of thioether (sulfide) groups is 1. The lowest BCUT2D eigenvalue weighted by atomic mass is 9.68. The molecule has 44 heavy (non-hydrogen) atoms. The second-order valence-corrected chi connectivity index (χ2v) is 14.3. The molecule has 11 heteroatoms. The summed E-state index contributed by atoms with van der Waals surface area (Å²) in [7, 11) is 0. The van der Waals surface area contributed by atoms with E-state index in [1.165, 1.54) is 40.5 Å². The summed E-state index contributed by atoms with van der Waals surface area (Å²) in [5, 5.41) is 12.1. The number of thiazole rings is 1. The van der Waals surface area contributed by atoms with Crippen LogP contribution < -0.4 is 14.5 Å². The fourth-order valence-corrected chi connectivity index (χ4v) is 11.1. The molecule has 3 heterocycles. The van der Waals surface area contributed by atoms with Crippen LogP contribution in [0.2, 0.25) is 0 Å². The first-order valence-corrected chi connectivity index (χ1v) is 16.3. The molecule has 2 bridgehead atoms. The number of nitro benzene ring substituents is 1. The van der Waals surface area contributed by atoms with Crippen LogP contribution >= 0.6 is 23.1 Å². The normalized spacial score (nSPS) is 28.1. The Morgan fingerprint density at radius 2 is 1.73 bits per heavy atom. The lowest BCUT2D eigenvalue weighted by Crippen LogP contribution is -2.42. The third-order valence-electron chi connectivity index (χ3n) is 9.77. The van der Waals surface area contributed by atoms with Gasteiger partial charge in [0.1, 0.15) is 12.4 Å². The number of benzene rings is 3. The SMILES string of the molecule is Cc1cccc(COc2ccccc2[C@@H]2c3sc(=O)[nH]c3S[C@@H]3[C@@H]4C[C@@H]([C@@H]5C(=O)N(c6ccc([N+](=O)[O-])cc6)C(=O)[C@@H]45)[C@@H]23)c1. The molecule has 2 saturated carbocycles. The summed E-state index contributed by atoms with van der Waals surface area (Å²) in [6, 6.07) is 21.8. The number of para-hydroxylation sites is 1. The topological polar surface area (TPSA) is 123 Å². The Labute approximate surface area is 260 Å². The highest BCUT2D eigenvalue weighted by molar-refractivity contribution is 8.00. The van der Waals surface area contributed by atoms with Gasteiger partial charge in [-0.1, -0.05) is 59.4 Å². The Balaban J connectivity index is 1.17. The molecule has 1 aromatic heterocycles. The predicted octanol–water partition coefficient (Wildman–Crippen LogP) is 5.91. The molecule has 3 aromatic carbocycles. The number of aromatic nitrogens is 1. The number of aryl methyl sites for hydroxylation is 1. The number of nitrogens with zero attached hydrogens (tertiary/aromatic N) is 2. The maximum absolute atomic E-state index is 14.0. The number of fused-ring (bicyclic) bond motifs is 9. The van der Waals surface area contributed by atoms with E-state index >= 15 is 0 Å². The van der Waals surface area contributed by atoms with Crippen molar-refractivity contribution in [1.82, 2.24) is 4.98 Å². The van der Waals surface area contributed by atoms with Gasteiger partial charge in [0, 0.05) is 33.7 Å². The van der Waals surface area contributed by atoms with Gasteiger partial charge in [-0.05, 0) is 54.9 Å². The minimum atomic E-state index is -0.500. The molecule has 4 aromatic rings. The van der Waals surface area contributed by atoms with Crippen LogP contribution in [0.4, 0.5) is 11.4 Å². The number of ether oxygens (including phenoxy) is 1. The molecule has 1 saturated heterocycles. The van der Waals surface area contributed by atoms with Gasteiger partial charge in [-0.3, -0.25) is 29.4 Å². The summed E-state index contributed by atoms with van der Waals surface area (Å²) in [5.41, 5.74) is 3.48. The summed E-state index contributed by atoms with van der Waals surface area (Å²) in [6.45, 7) is 2.45. The van der Waals surface area contributed by atoms with Crippen molar-refractivity contribution >= 4 is 46.3 Å². The van der Waals surface area contributed by atoms with Gasteiger partial charge in [0.05, 0.1) is 27.5 Å². The average Bonchev–Trinajstić information content (AvgIpc) is 3.75. The zero-order valence-corrected chi connectivity index (χ0v) is 25.2. The fraction of sp³-hybridized carbons (Fsp3) is 0.303. The van der Waals surface area contributed by atoms with Crippen molar-refractivity contribution in [3.8, 4) is 5.75 Å². The zero-order chi connectivity index (χ0) is 30.3. The van der Waals surface area contributed by atoms with Gasteiger partial charge in [0.15, 0.2) is 0 Å². The third kappa shape index (κ3) is 4.09. The van der Waals surface area contributed by atoms with Gasteiger partial charge in [-0.2, -0.15) is 0 Å². The van der Waals surface area contributed by atoms with Gasteiger partial charge in [-0.15, -0.1) is 11.8 Å². The van der Waals surface area contributed by atoms with E-state index in [2.05, 4.69) is 17.1 Å². The number of imide groups is 1. The van der Waals surface area contributed by atoms with E-state index in [9.17, 15) is 24.5 Å². The summed E-state index contributed by atoms with van der Waals surface area (Å²) in [6.07, 6.45) is 0.769. The number of carbonyl (C=O) groups excluding carboxylic acids is 2. The number of aromatic amines is 1. The summed E-state index contributed by atoms with van der Waals surface area (Å²) in [5.74, 6) is -0.854. The van der Waals surface area contributed by atoms with E-state index < -0.39 is 16.8 Å². The molecule has 3 fully saturated rings. The van der Waals surface area contributed by atoms with Crippen molar-refractivity contribution in [3.63, 3.8) is 0 Å². The van der Waals surface area contributed by atoms with E-state index in [1.54, 1.807) is 11.8 Å². The van der Waals surface area contributed by atoms with Crippen LogP contribution in [-0.2, 0) is 16.2 Å². The van der Waals surface area contributed by atoms with Crippen LogP contribution in [0.5, 0.6) is 5.75 Å². The standard InChI is InChI=1S/C33H27N3O6S2/c1-16-5-4-6-17(13-16)15-42-23-8-3-2-7-20(23)24-25-21-14-22(28(25)43-30-29(24)44-33(39)34-30)27-26(21)31(37)35(32(27)38)18-9-11-19(12-10-18)36(40)41/h2-13,21-22,24-28H,14-15H2,1H3,(H,34,39)/t21-,22-,24+,25+,26+,27+,28-/m1/s1. The average molecular weight is 626 g/mol. The number of anilines is 1. The number of H-pyrrole nitrogens is 1. The number of nitro groups is 1. The third-order valence-corrected chi connectivity index (χ3v) is 12.4. The summed E-state index contributed by atoms with van der Waals surface area (Å²) >= 11 is 2.86. The molecule has 0 unspecified atom stereocenters. The van der Waals surface area contributed by atoms with Gasteiger partial charge >= 0.3 is 4.87 Å². The highest BCUT2D eigenvalue weighted by Crippen LogP contribution is 2.69. The van der Waals surface area contributed by atoms with Crippen molar-refractivity contribution in [3.05, 3.63) is 114 Å². The Morgan fingerprint density at radius 1 is 0.977 bits per heavy atom. The van der Waals surface area contributed by atoms with Crippen molar-refractivity contribution in [2.45, 2.75) is 36.1 Å². The predicted molar refractivity (Wildman–Crippen MR) is 166 cm³/mol. The Kier molecular flexibility index (Phi) is 6.32. The Morgan fingerprint density at radius 3 is 2.48 bits per heavy atom. The molecular weight excluding hydrogens is 599 g/mol. The number of amides is 2. The first-order chi connectivity index (χ1) is 21.3. The van der Waals surface area contributed by atoms with Gasteiger partial charge in [0.25, 0.3) is 5.69 Å². The Hall–Kier alpha value is -4.22. The van der Waals surface area contributed by atoms with Crippen LogP contribution in [0.1, 0.15) is 33.9 Å². The quantitative estimate of drug-likeness (QED) is 0.161. The van der Waals surface area contributed by atoms with Crippen LogP contribution in [0.15, 0.2) is 82.6 Å². The van der Waals surface area contributed by atoms with Crippen molar-refractivity contribution in [1.29, 1.82) is 0 Å². The number of hydrogen-bond acceptors (Lipinski definition) is 8. The fourth-order valence-electron chi connectivity index (χ4n) is 8.17. The maximum atomic E-state index is 14.0. The molecular formula is C33H27N3O6S2. The molecule has 2 aliphatic heterocycles. The van der Waals surface area contributed by atoms with Gasteiger partial charge < -0.3 is 9.72 Å². The lowest BCUT2D eigenvalue weighted by molar-refractivity contribution is -0.384. The van der Waals surface area contributed by atoms with E-state index in [0.717, 1.165) is 38.8 Å². The van der Waals surface area contributed by atoms with Crippen molar-refractivity contribution < 1.29 is 19.2 Å². The lowest BCUT2D eigenvalue weighted by Gasteiger charge is -2.43. The van der Waals surface area contributed by atoms with Crippen molar-refractivity contribution in [2.75, 3.05) is 4.90 Å². The van der Waals surface area contributed by atoms with E-state index in [-0.39, 0.29) is 51.3 Å². The number of carbonyl (C=O) groups is 2. The monoisotopic (exact) mass is 625 g/mol. The number of non-ortho nitro benzene ring substituents is 1. The molecule has 2 aliphatic carbocycles. The number of hydrogen-bond donors (Lipinski definition) is 1. The van der Waals surface area contributed by atoms with Gasteiger partial charge in [-0.25, -0.2) is 0 Å². The Bertz CT molecular complexity index is 1900. The van der Waals surface area contributed by atoms with Crippen LogP contribution in [-0.4, -0.2) is 27.0 Å². The van der Waals surface area contributed by atoms with Crippen LogP contribution in [0.3, 0.4) is 0 Å². The van der Waals surface area contributed by atoms with Gasteiger partial charge in [0.2, 0.25) is 11.8 Å². The second-order valence-electron chi connectivity index (χ2n) is 12.1. The molecule has 9 nitrogen and oxygen atoms in total. The van der Waals surface area contributed by atoms with Crippen LogP contribution in [0, 0.1) is 46.6 Å². The first-order valence-electron chi connectivity index (χ1n) is 14.6. The number of rotatable bonds is 6. The van der Waals surface area contributed by atoms with Crippen LogP contribution in [0.25, 0.3) is 0 Å². The molecule has 222 valence electrons. The summed E-state index contributed by atoms with van der Waals surface area (Å²) in [4.78, 5) is 56.4. The maximum Gasteiger partial charge on any atom is 0.305 e. The molecule has 0 spiro atoms. The minimum Gasteiger partial charge on any atom is -0.489 e. The first kappa shape index (κ1) is 27.3. The van der Waals surface area contributed by atoms with E-state index in [0.29, 0.717) is 12.3 Å². The minimum absolute atomic E-state index is 0.0288. The van der Waals surface area contributed by atoms with E-state index in [1.807, 2.05) is 43.3 Å². The molecule has 2 amide bonds. The van der Waals surface area contributed by atoms with E-state index in [4.69, 9.17) is 4.74 Å². The summed E-state index contributed by atoms with van der Waals surface area (Å²) < 4.78 is 6.44. The largest absolute Gasteiger partial charge is 0.489 e. The molecule has 8 rings (SSSR count). The highest BCUT2D eigenvalue weighted by atomic mass is 32.2. The highest BCUT2D eigenvalue weighted by Gasteiger charge is 2.69. The smallest absolute Gasteiger partial charge is 0.305 e. The van der Waals surface area contributed by atoms with Crippen molar-refractivity contribution in [2.24, 2.45) is 29.6 Å². The molecule has 4 aliphatic rings. The second kappa shape index (κ2) is 10.2. The molecule has 7 atom stereocenters. The molecule has 1 N–H and O–H groups in total. The molecule has 0 radical (unpaired) electrons. The zero-order valence-electron chi connectivity index (χ0n) is 23.5. The number of nitrogens with one attached hydrogen (secondary N) is 1.